The number of thiocarbonyl (C=S) groups is 1. The van der Waals surface area contributed by atoms with Gasteiger partial charge in [-0.25, -0.2) is 0 Å². The summed E-state index contributed by atoms with van der Waals surface area (Å²) < 4.78 is 5.29. The van der Waals surface area contributed by atoms with Gasteiger partial charge in [-0.15, -0.1) is 11.3 Å². The van der Waals surface area contributed by atoms with E-state index in [0.717, 1.165) is 10.4 Å². The van der Waals surface area contributed by atoms with Gasteiger partial charge in [-0.1, -0.05) is 0 Å². The molecule has 9 nitrogen and oxygen atoms in total. The molecule has 0 radical (unpaired) electrons. The highest BCUT2D eigenvalue weighted by atomic mass is 32.1. The second-order valence-electron chi connectivity index (χ2n) is 6.57. The molecule has 11 heteroatoms. The maximum absolute atomic E-state index is 12.6. The van der Waals surface area contributed by atoms with Crippen LogP contribution in [0.4, 0.5) is 16.4 Å². The monoisotopic (exact) mass is 445 g/mol. The van der Waals surface area contributed by atoms with E-state index >= 15 is 0 Å². The predicted molar refractivity (Wildman–Crippen MR) is 118 cm³/mol. The zero-order valence-corrected chi connectivity index (χ0v) is 18.0. The minimum Gasteiger partial charge on any atom is -0.378 e. The lowest BCUT2D eigenvalue weighted by Crippen LogP contribution is -2.37. The highest BCUT2D eigenvalue weighted by molar-refractivity contribution is 7.80. The standard InChI is InChI=1S/C19H19N5O4S2/c1-11-12(2)30-18(14(11)10-20)22-19(29)21-17(25)13-3-4-15(16(9-13)24(26)27)23-5-7-28-8-6-23/h3-4,9H,5-8H2,1-2H3,(H2,21,22,25,29). The zero-order valence-electron chi connectivity index (χ0n) is 16.4. The fourth-order valence-electron chi connectivity index (χ4n) is 3.04. The number of nitrogens with one attached hydrogen (secondary N) is 2. The number of ether oxygens (including phenoxy) is 1. The third-order valence-electron chi connectivity index (χ3n) is 4.74. The van der Waals surface area contributed by atoms with Gasteiger partial charge in [0.15, 0.2) is 5.11 Å². The summed E-state index contributed by atoms with van der Waals surface area (Å²) >= 11 is 6.55. The summed E-state index contributed by atoms with van der Waals surface area (Å²) in [5.74, 6) is -0.576. The van der Waals surface area contributed by atoms with Crippen molar-refractivity contribution in [1.82, 2.24) is 5.32 Å². The van der Waals surface area contributed by atoms with Gasteiger partial charge in [0.05, 0.1) is 23.7 Å². The van der Waals surface area contributed by atoms with Gasteiger partial charge in [-0.05, 0) is 43.8 Å². The molecule has 0 atom stereocenters. The Hall–Kier alpha value is -3.07. The number of morpholine rings is 1. The van der Waals surface area contributed by atoms with Crippen LogP contribution < -0.4 is 15.5 Å². The molecule has 2 N–H and O–H groups in total. The van der Waals surface area contributed by atoms with Crippen LogP contribution in [0.5, 0.6) is 0 Å². The van der Waals surface area contributed by atoms with Crippen molar-refractivity contribution >= 4 is 51.0 Å². The molecule has 2 aromatic rings. The van der Waals surface area contributed by atoms with Crippen LogP contribution >= 0.6 is 23.6 Å². The molecule has 0 bridgehead atoms. The first-order valence-corrected chi connectivity index (χ1v) is 10.3. The van der Waals surface area contributed by atoms with Gasteiger partial charge >= 0.3 is 0 Å². The van der Waals surface area contributed by atoms with Crippen molar-refractivity contribution in [3.05, 3.63) is 49.9 Å². The number of carbonyl (C=O) groups is 1. The third-order valence-corrected chi connectivity index (χ3v) is 6.06. The second kappa shape index (κ2) is 9.17. The Labute approximate surface area is 182 Å². The number of rotatable bonds is 4. The predicted octanol–water partition coefficient (Wildman–Crippen LogP) is 3.11. The molecular weight excluding hydrogens is 426 g/mol. The molecule has 1 fully saturated rings. The third kappa shape index (κ3) is 4.56. The first-order valence-electron chi connectivity index (χ1n) is 9.05. The van der Waals surface area contributed by atoms with Crippen molar-refractivity contribution in [3.63, 3.8) is 0 Å². The summed E-state index contributed by atoms with van der Waals surface area (Å²) in [6.07, 6.45) is 0. The number of carbonyl (C=O) groups excluding carboxylic acids is 1. The molecule has 1 aliphatic rings. The Kier molecular flexibility index (Phi) is 6.61. The molecular formula is C19H19N5O4S2. The van der Waals surface area contributed by atoms with Gasteiger partial charge in [-0.3, -0.25) is 20.2 Å². The van der Waals surface area contributed by atoms with Gasteiger partial charge in [0.1, 0.15) is 16.8 Å². The molecule has 156 valence electrons. The lowest BCUT2D eigenvalue weighted by molar-refractivity contribution is -0.384. The molecule has 1 amide bonds. The van der Waals surface area contributed by atoms with E-state index in [4.69, 9.17) is 17.0 Å². The molecule has 1 aromatic heterocycles. The van der Waals surface area contributed by atoms with Crippen molar-refractivity contribution in [2.75, 3.05) is 36.5 Å². The van der Waals surface area contributed by atoms with Crippen molar-refractivity contribution in [2.24, 2.45) is 0 Å². The average Bonchev–Trinajstić information content (AvgIpc) is 3.00. The SMILES string of the molecule is Cc1sc(NC(=S)NC(=O)c2ccc(N3CCOCC3)c([N+](=O)[O-])c2)c(C#N)c1C. The van der Waals surface area contributed by atoms with Crippen molar-refractivity contribution in [3.8, 4) is 6.07 Å². The summed E-state index contributed by atoms with van der Waals surface area (Å²) in [6.45, 7) is 5.80. The number of thiophene rings is 1. The number of hydrogen-bond acceptors (Lipinski definition) is 8. The lowest BCUT2D eigenvalue weighted by Gasteiger charge is -2.28. The number of anilines is 2. The maximum atomic E-state index is 12.6. The van der Waals surface area contributed by atoms with Gasteiger partial charge in [0, 0.05) is 29.6 Å². The zero-order chi connectivity index (χ0) is 21.8. The summed E-state index contributed by atoms with van der Waals surface area (Å²) in [4.78, 5) is 26.5. The van der Waals surface area contributed by atoms with E-state index in [1.54, 1.807) is 6.07 Å². The second-order valence-corrected chi connectivity index (χ2v) is 8.20. The highest BCUT2D eigenvalue weighted by Crippen LogP contribution is 2.32. The molecule has 0 aliphatic carbocycles. The van der Waals surface area contributed by atoms with E-state index in [1.807, 2.05) is 18.7 Å². The Bertz CT molecular complexity index is 1050. The van der Waals surface area contributed by atoms with Crippen molar-refractivity contribution in [1.29, 1.82) is 5.26 Å². The van der Waals surface area contributed by atoms with Crippen LogP contribution in [0.15, 0.2) is 18.2 Å². The molecule has 0 saturated carbocycles. The van der Waals surface area contributed by atoms with Crippen LogP contribution in [0.1, 0.15) is 26.4 Å². The highest BCUT2D eigenvalue weighted by Gasteiger charge is 2.24. The number of nitro benzene ring substituents is 1. The summed E-state index contributed by atoms with van der Waals surface area (Å²) in [5, 5.41) is 26.8. The minimum atomic E-state index is -0.576. The van der Waals surface area contributed by atoms with E-state index in [1.165, 1.54) is 23.5 Å². The quantitative estimate of drug-likeness (QED) is 0.418. The van der Waals surface area contributed by atoms with E-state index < -0.39 is 10.8 Å². The number of nitrogens with zero attached hydrogens (tertiary/aromatic N) is 3. The van der Waals surface area contributed by atoms with Crippen LogP contribution in [-0.4, -0.2) is 42.2 Å². The molecule has 3 rings (SSSR count). The normalized spacial score (nSPS) is 13.4. The molecule has 2 heterocycles. The summed E-state index contributed by atoms with van der Waals surface area (Å²) in [7, 11) is 0. The number of benzene rings is 1. The number of nitro groups is 1. The average molecular weight is 446 g/mol. The number of aryl methyl sites for hydroxylation is 1. The lowest BCUT2D eigenvalue weighted by atomic mass is 10.1. The topological polar surface area (TPSA) is 121 Å². The number of hydrogen-bond donors (Lipinski definition) is 2. The summed E-state index contributed by atoms with van der Waals surface area (Å²) in [5.41, 5.74) is 1.73. The van der Waals surface area contributed by atoms with E-state index in [9.17, 15) is 20.2 Å². The molecule has 30 heavy (non-hydrogen) atoms. The van der Waals surface area contributed by atoms with E-state index in [-0.39, 0.29) is 16.4 Å². The van der Waals surface area contributed by atoms with E-state index in [0.29, 0.717) is 42.6 Å². The fraction of sp³-hybridized carbons (Fsp3) is 0.316. The minimum absolute atomic E-state index is 0.0117. The maximum Gasteiger partial charge on any atom is 0.293 e. The van der Waals surface area contributed by atoms with Gasteiger partial charge < -0.3 is 15.0 Å². The van der Waals surface area contributed by atoms with Crippen molar-refractivity contribution in [2.45, 2.75) is 13.8 Å². The number of amides is 1. The van der Waals surface area contributed by atoms with Gasteiger partial charge in [-0.2, -0.15) is 5.26 Å². The van der Waals surface area contributed by atoms with Crippen LogP contribution in [0, 0.1) is 35.3 Å². The Balaban J connectivity index is 1.76. The van der Waals surface area contributed by atoms with Crippen molar-refractivity contribution < 1.29 is 14.5 Å². The van der Waals surface area contributed by atoms with Crippen LogP contribution in [0.3, 0.4) is 0 Å². The Morgan fingerprint density at radius 1 is 1.37 bits per heavy atom. The Morgan fingerprint density at radius 3 is 2.70 bits per heavy atom. The smallest absolute Gasteiger partial charge is 0.293 e. The molecule has 1 aliphatic heterocycles. The largest absolute Gasteiger partial charge is 0.378 e. The molecule has 1 aromatic carbocycles. The van der Waals surface area contributed by atoms with Gasteiger partial charge in [0.25, 0.3) is 11.6 Å². The van der Waals surface area contributed by atoms with Crippen LogP contribution in [0.25, 0.3) is 0 Å². The fourth-order valence-corrected chi connectivity index (χ4v) is 4.32. The molecule has 0 spiro atoms. The first-order chi connectivity index (χ1) is 14.3. The van der Waals surface area contributed by atoms with Crippen LogP contribution in [-0.2, 0) is 4.74 Å². The number of nitriles is 1. The Morgan fingerprint density at radius 2 is 2.07 bits per heavy atom. The van der Waals surface area contributed by atoms with Gasteiger partial charge in [0.2, 0.25) is 0 Å². The molecule has 1 saturated heterocycles. The molecule has 0 unspecified atom stereocenters. The van der Waals surface area contributed by atoms with Crippen LogP contribution in [0.2, 0.25) is 0 Å². The first kappa shape index (κ1) is 21.6. The van der Waals surface area contributed by atoms with E-state index in [2.05, 4.69) is 16.7 Å². The summed E-state index contributed by atoms with van der Waals surface area (Å²) in [6, 6.07) is 6.45.